The lowest BCUT2D eigenvalue weighted by Crippen LogP contribution is -2.40. The third-order valence-corrected chi connectivity index (χ3v) is 3.24. The molecule has 1 atom stereocenters. The predicted octanol–water partition coefficient (Wildman–Crippen LogP) is 1.72. The summed E-state index contributed by atoms with van der Waals surface area (Å²) < 4.78 is 39.1. The summed E-state index contributed by atoms with van der Waals surface area (Å²) in [7, 11) is 0. The van der Waals surface area contributed by atoms with Gasteiger partial charge >= 0.3 is 0 Å². The van der Waals surface area contributed by atoms with Gasteiger partial charge in [0.1, 0.15) is 0 Å². The van der Waals surface area contributed by atoms with E-state index in [1.807, 2.05) is 0 Å². The van der Waals surface area contributed by atoms with Gasteiger partial charge in [0.05, 0.1) is 5.92 Å². The standard InChI is InChI=1S/C13H15F3N2O/c14-10-4-3-8(11(15)12(10)16)7-18-13(19)9-2-1-5-17-6-9/h3-4,9,17H,1-2,5-7H2,(H,18,19). The van der Waals surface area contributed by atoms with Gasteiger partial charge in [-0.15, -0.1) is 0 Å². The van der Waals surface area contributed by atoms with Crippen LogP contribution in [0.1, 0.15) is 18.4 Å². The van der Waals surface area contributed by atoms with E-state index in [1.54, 1.807) is 0 Å². The van der Waals surface area contributed by atoms with E-state index in [0.717, 1.165) is 31.5 Å². The molecule has 1 unspecified atom stereocenters. The fourth-order valence-electron chi connectivity index (χ4n) is 2.10. The van der Waals surface area contributed by atoms with Crippen LogP contribution >= 0.6 is 0 Å². The Kier molecular flexibility index (Phi) is 4.42. The van der Waals surface area contributed by atoms with Crippen LogP contribution in [0, 0.1) is 23.4 Å². The normalized spacial score (nSPS) is 19.2. The summed E-state index contributed by atoms with van der Waals surface area (Å²) in [6.07, 6.45) is 1.69. The number of nitrogens with one attached hydrogen (secondary N) is 2. The molecular formula is C13H15F3N2O. The van der Waals surface area contributed by atoms with Crippen LogP contribution in [0.2, 0.25) is 0 Å². The Labute approximate surface area is 109 Å². The lowest BCUT2D eigenvalue weighted by molar-refractivity contribution is -0.125. The molecule has 104 valence electrons. The van der Waals surface area contributed by atoms with Gasteiger partial charge in [0, 0.05) is 18.7 Å². The van der Waals surface area contributed by atoms with Crippen LogP contribution in [0.25, 0.3) is 0 Å². The number of hydrogen-bond donors (Lipinski definition) is 2. The Balaban J connectivity index is 1.95. The van der Waals surface area contributed by atoms with E-state index in [-0.39, 0.29) is 23.9 Å². The van der Waals surface area contributed by atoms with E-state index >= 15 is 0 Å². The molecule has 0 bridgehead atoms. The minimum Gasteiger partial charge on any atom is -0.352 e. The van der Waals surface area contributed by atoms with Crippen molar-refractivity contribution in [3.05, 3.63) is 35.1 Å². The second kappa shape index (κ2) is 6.06. The number of piperidine rings is 1. The van der Waals surface area contributed by atoms with Gasteiger partial charge in [-0.05, 0) is 25.5 Å². The van der Waals surface area contributed by atoms with Crippen molar-refractivity contribution in [2.45, 2.75) is 19.4 Å². The smallest absolute Gasteiger partial charge is 0.224 e. The molecule has 1 aromatic rings. The maximum Gasteiger partial charge on any atom is 0.224 e. The number of benzene rings is 1. The predicted molar refractivity (Wildman–Crippen MR) is 63.8 cm³/mol. The van der Waals surface area contributed by atoms with Crippen molar-refractivity contribution in [3.63, 3.8) is 0 Å². The van der Waals surface area contributed by atoms with Gasteiger partial charge in [-0.25, -0.2) is 13.2 Å². The molecule has 2 rings (SSSR count). The summed E-state index contributed by atoms with van der Waals surface area (Å²) in [6.45, 7) is 1.34. The summed E-state index contributed by atoms with van der Waals surface area (Å²) in [6, 6.07) is 1.98. The molecule has 0 saturated carbocycles. The van der Waals surface area contributed by atoms with Crippen molar-refractivity contribution >= 4 is 5.91 Å². The molecule has 1 amide bonds. The van der Waals surface area contributed by atoms with E-state index in [2.05, 4.69) is 10.6 Å². The fraction of sp³-hybridized carbons (Fsp3) is 0.462. The van der Waals surface area contributed by atoms with Gasteiger partial charge in [0.2, 0.25) is 5.91 Å². The second-order valence-electron chi connectivity index (χ2n) is 4.60. The van der Waals surface area contributed by atoms with Crippen LogP contribution in [0.15, 0.2) is 12.1 Å². The summed E-state index contributed by atoms with van der Waals surface area (Å²) in [4.78, 5) is 11.8. The van der Waals surface area contributed by atoms with Crippen LogP contribution in [0.3, 0.4) is 0 Å². The zero-order valence-electron chi connectivity index (χ0n) is 10.3. The highest BCUT2D eigenvalue weighted by Gasteiger charge is 2.21. The van der Waals surface area contributed by atoms with Gasteiger partial charge in [0.25, 0.3) is 0 Å². The number of hydrogen-bond acceptors (Lipinski definition) is 2. The molecule has 3 nitrogen and oxygen atoms in total. The molecule has 1 aliphatic rings. The molecule has 1 heterocycles. The number of amides is 1. The molecular weight excluding hydrogens is 257 g/mol. The third-order valence-electron chi connectivity index (χ3n) is 3.24. The first-order chi connectivity index (χ1) is 9.09. The maximum atomic E-state index is 13.4. The van der Waals surface area contributed by atoms with Crippen molar-refractivity contribution in [1.29, 1.82) is 0 Å². The molecule has 19 heavy (non-hydrogen) atoms. The van der Waals surface area contributed by atoms with Crippen LogP contribution < -0.4 is 10.6 Å². The van der Waals surface area contributed by atoms with E-state index in [4.69, 9.17) is 0 Å². The average molecular weight is 272 g/mol. The molecule has 1 aliphatic heterocycles. The highest BCUT2D eigenvalue weighted by atomic mass is 19.2. The second-order valence-corrected chi connectivity index (χ2v) is 4.60. The van der Waals surface area contributed by atoms with E-state index in [0.29, 0.717) is 6.54 Å². The van der Waals surface area contributed by atoms with Gasteiger partial charge in [0.15, 0.2) is 17.5 Å². The quantitative estimate of drug-likeness (QED) is 0.823. The lowest BCUT2D eigenvalue weighted by atomic mass is 9.99. The molecule has 0 aliphatic carbocycles. The van der Waals surface area contributed by atoms with Crippen molar-refractivity contribution in [1.82, 2.24) is 10.6 Å². The van der Waals surface area contributed by atoms with Crippen molar-refractivity contribution in [2.75, 3.05) is 13.1 Å². The van der Waals surface area contributed by atoms with E-state index in [1.165, 1.54) is 0 Å². The number of halogens is 3. The Bertz CT molecular complexity index is 473. The number of rotatable bonds is 3. The summed E-state index contributed by atoms with van der Waals surface area (Å²) in [5.74, 6) is -4.34. The number of carbonyl (C=O) groups is 1. The average Bonchev–Trinajstić information content (AvgIpc) is 2.45. The summed E-state index contributed by atoms with van der Waals surface area (Å²) >= 11 is 0. The van der Waals surface area contributed by atoms with Crippen LogP contribution in [-0.4, -0.2) is 19.0 Å². The van der Waals surface area contributed by atoms with Crippen molar-refractivity contribution < 1.29 is 18.0 Å². The van der Waals surface area contributed by atoms with E-state index in [9.17, 15) is 18.0 Å². The SMILES string of the molecule is O=C(NCc1ccc(F)c(F)c1F)C1CCCNC1. The Hall–Kier alpha value is -1.56. The summed E-state index contributed by atoms with van der Waals surface area (Å²) in [5, 5.41) is 5.65. The van der Waals surface area contributed by atoms with Crippen molar-refractivity contribution in [2.24, 2.45) is 5.92 Å². The molecule has 0 aromatic heterocycles. The lowest BCUT2D eigenvalue weighted by Gasteiger charge is -2.21. The number of carbonyl (C=O) groups excluding carboxylic acids is 1. The Morgan fingerprint density at radius 1 is 1.32 bits per heavy atom. The molecule has 0 spiro atoms. The highest BCUT2D eigenvalue weighted by molar-refractivity contribution is 5.78. The minimum absolute atomic E-state index is 0.0592. The Morgan fingerprint density at radius 2 is 2.11 bits per heavy atom. The van der Waals surface area contributed by atoms with Gasteiger partial charge in [-0.1, -0.05) is 6.07 Å². The van der Waals surface area contributed by atoms with Crippen LogP contribution in [-0.2, 0) is 11.3 Å². The van der Waals surface area contributed by atoms with Crippen LogP contribution in [0.5, 0.6) is 0 Å². The fourth-order valence-corrected chi connectivity index (χ4v) is 2.10. The molecule has 1 saturated heterocycles. The first-order valence-corrected chi connectivity index (χ1v) is 6.20. The first kappa shape index (κ1) is 13.9. The molecule has 0 radical (unpaired) electrons. The first-order valence-electron chi connectivity index (χ1n) is 6.20. The molecule has 2 N–H and O–H groups in total. The van der Waals surface area contributed by atoms with Crippen molar-refractivity contribution in [3.8, 4) is 0 Å². The summed E-state index contributed by atoms with van der Waals surface area (Å²) in [5.41, 5.74) is -0.0592. The minimum atomic E-state index is -1.51. The highest BCUT2D eigenvalue weighted by Crippen LogP contribution is 2.15. The largest absolute Gasteiger partial charge is 0.352 e. The maximum absolute atomic E-state index is 13.4. The van der Waals surface area contributed by atoms with Crippen LogP contribution in [0.4, 0.5) is 13.2 Å². The molecule has 1 fully saturated rings. The zero-order chi connectivity index (χ0) is 13.8. The van der Waals surface area contributed by atoms with Gasteiger partial charge < -0.3 is 10.6 Å². The Morgan fingerprint density at radius 3 is 2.79 bits per heavy atom. The topological polar surface area (TPSA) is 41.1 Å². The third kappa shape index (κ3) is 3.26. The van der Waals surface area contributed by atoms with E-state index < -0.39 is 17.5 Å². The monoisotopic (exact) mass is 272 g/mol. The van der Waals surface area contributed by atoms with Gasteiger partial charge in [-0.3, -0.25) is 4.79 Å². The van der Waals surface area contributed by atoms with Gasteiger partial charge in [-0.2, -0.15) is 0 Å². The molecule has 1 aromatic carbocycles. The zero-order valence-corrected chi connectivity index (χ0v) is 10.3. The molecule has 6 heteroatoms.